The Labute approximate surface area is 108 Å². The Hall–Kier alpha value is -0.830. The van der Waals surface area contributed by atoms with Crippen molar-refractivity contribution in [3.8, 4) is 0 Å². The van der Waals surface area contributed by atoms with Crippen molar-refractivity contribution in [2.75, 3.05) is 5.32 Å². The van der Waals surface area contributed by atoms with Crippen LogP contribution in [0.25, 0.3) is 0 Å². The van der Waals surface area contributed by atoms with E-state index >= 15 is 0 Å². The van der Waals surface area contributed by atoms with Gasteiger partial charge >= 0.3 is 0 Å². The van der Waals surface area contributed by atoms with Gasteiger partial charge in [-0.25, -0.2) is 0 Å². The number of anilines is 1. The molecule has 0 saturated heterocycles. The second kappa shape index (κ2) is 4.81. The first-order valence-electron chi connectivity index (χ1n) is 6.26. The van der Waals surface area contributed by atoms with Gasteiger partial charge in [0.2, 0.25) is 0 Å². The van der Waals surface area contributed by atoms with E-state index in [2.05, 4.69) is 29.4 Å². The van der Waals surface area contributed by atoms with Crippen LogP contribution in [0.5, 0.6) is 0 Å². The molecule has 1 fully saturated rings. The summed E-state index contributed by atoms with van der Waals surface area (Å²) < 4.78 is 0. The molecule has 0 aliphatic heterocycles. The second-order valence-corrected chi connectivity index (χ2v) is 5.61. The number of nitrogens with one attached hydrogen (secondary N) is 1. The molecule has 3 nitrogen and oxygen atoms in total. The van der Waals surface area contributed by atoms with E-state index in [1.807, 2.05) is 13.8 Å². The predicted octanol–water partition coefficient (Wildman–Crippen LogP) is 3.59. The van der Waals surface area contributed by atoms with E-state index in [0.29, 0.717) is 17.1 Å². The Morgan fingerprint density at radius 1 is 1.12 bits per heavy atom. The van der Waals surface area contributed by atoms with Gasteiger partial charge in [0, 0.05) is 6.04 Å². The molecule has 0 amide bonds. The van der Waals surface area contributed by atoms with E-state index in [0.717, 1.165) is 22.9 Å². The molecular weight excluding hydrogens is 234 g/mol. The first-order chi connectivity index (χ1) is 8.00. The van der Waals surface area contributed by atoms with Crippen molar-refractivity contribution in [2.24, 2.45) is 11.8 Å². The molecule has 1 aromatic rings. The Kier molecular flexibility index (Phi) is 3.57. The van der Waals surface area contributed by atoms with Crippen LogP contribution < -0.4 is 5.32 Å². The maximum atomic E-state index is 5.95. The van der Waals surface area contributed by atoms with Crippen LogP contribution in [0, 0.1) is 25.7 Å². The standard InChI is InChI=1S/C13H20ClN3/c1-7-5-6-11(8(7)2)15-13-10(4)9(3)12(14)16-17-13/h7-8,11H,5-6H2,1-4H3,(H,15,17). The monoisotopic (exact) mass is 253 g/mol. The maximum absolute atomic E-state index is 5.95. The summed E-state index contributed by atoms with van der Waals surface area (Å²) in [5, 5.41) is 12.2. The van der Waals surface area contributed by atoms with E-state index in [1.165, 1.54) is 12.8 Å². The zero-order valence-corrected chi connectivity index (χ0v) is 11.7. The molecule has 94 valence electrons. The normalized spacial score (nSPS) is 28.4. The van der Waals surface area contributed by atoms with Gasteiger partial charge in [0.25, 0.3) is 0 Å². The number of aromatic nitrogens is 2. The molecule has 17 heavy (non-hydrogen) atoms. The molecule has 3 atom stereocenters. The minimum absolute atomic E-state index is 0.501. The molecule has 1 saturated carbocycles. The van der Waals surface area contributed by atoms with Gasteiger partial charge in [0.1, 0.15) is 0 Å². The van der Waals surface area contributed by atoms with Crippen molar-refractivity contribution in [3.05, 3.63) is 16.3 Å². The lowest BCUT2D eigenvalue weighted by atomic mass is 9.97. The van der Waals surface area contributed by atoms with E-state index in [1.54, 1.807) is 0 Å². The number of hydrogen-bond acceptors (Lipinski definition) is 3. The summed E-state index contributed by atoms with van der Waals surface area (Å²) in [6.07, 6.45) is 2.50. The molecule has 1 aromatic heterocycles. The van der Waals surface area contributed by atoms with Crippen molar-refractivity contribution < 1.29 is 0 Å². The van der Waals surface area contributed by atoms with Gasteiger partial charge in [-0.15, -0.1) is 10.2 Å². The molecule has 4 heteroatoms. The molecule has 2 rings (SSSR count). The second-order valence-electron chi connectivity index (χ2n) is 5.25. The minimum atomic E-state index is 0.501. The highest BCUT2D eigenvalue weighted by molar-refractivity contribution is 6.30. The fourth-order valence-electron chi connectivity index (χ4n) is 2.46. The zero-order valence-electron chi connectivity index (χ0n) is 10.9. The molecule has 1 heterocycles. The Balaban J connectivity index is 2.17. The Bertz CT molecular complexity index is 419. The van der Waals surface area contributed by atoms with Crippen LogP contribution in [-0.4, -0.2) is 16.2 Å². The highest BCUT2D eigenvalue weighted by atomic mass is 35.5. The highest BCUT2D eigenvalue weighted by Gasteiger charge is 2.30. The molecule has 1 aliphatic carbocycles. The van der Waals surface area contributed by atoms with Crippen molar-refractivity contribution >= 4 is 17.4 Å². The fourth-order valence-corrected chi connectivity index (χ4v) is 2.64. The summed E-state index contributed by atoms with van der Waals surface area (Å²) in [5.74, 6) is 2.36. The lowest BCUT2D eigenvalue weighted by molar-refractivity contribution is 0.434. The molecule has 0 spiro atoms. The van der Waals surface area contributed by atoms with Crippen molar-refractivity contribution in [1.29, 1.82) is 0 Å². The topological polar surface area (TPSA) is 37.8 Å². The van der Waals surface area contributed by atoms with Gasteiger partial charge < -0.3 is 5.32 Å². The molecular formula is C13H20ClN3. The number of hydrogen-bond donors (Lipinski definition) is 1. The van der Waals surface area contributed by atoms with Crippen LogP contribution >= 0.6 is 11.6 Å². The van der Waals surface area contributed by atoms with E-state index in [9.17, 15) is 0 Å². The molecule has 0 aromatic carbocycles. The van der Waals surface area contributed by atoms with Crippen molar-refractivity contribution in [1.82, 2.24) is 10.2 Å². The minimum Gasteiger partial charge on any atom is -0.365 e. The third-order valence-corrected chi connectivity index (χ3v) is 4.61. The van der Waals surface area contributed by atoms with E-state index in [4.69, 9.17) is 11.6 Å². The highest BCUT2D eigenvalue weighted by Crippen LogP contribution is 2.33. The molecule has 3 unspecified atom stereocenters. The third-order valence-electron chi connectivity index (χ3n) is 4.25. The maximum Gasteiger partial charge on any atom is 0.155 e. The predicted molar refractivity (Wildman–Crippen MR) is 71.5 cm³/mol. The third kappa shape index (κ3) is 2.39. The fraction of sp³-hybridized carbons (Fsp3) is 0.692. The average molecular weight is 254 g/mol. The van der Waals surface area contributed by atoms with Crippen LogP contribution in [0.1, 0.15) is 37.8 Å². The summed E-state index contributed by atoms with van der Waals surface area (Å²) in [5.41, 5.74) is 2.12. The molecule has 0 radical (unpaired) electrons. The summed E-state index contributed by atoms with van der Waals surface area (Å²) in [6.45, 7) is 8.65. The van der Waals surface area contributed by atoms with E-state index < -0.39 is 0 Å². The van der Waals surface area contributed by atoms with Crippen molar-refractivity contribution in [3.63, 3.8) is 0 Å². The molecule has 0 bridgehead atoms. The summed E-state index contributed by atoms with van der Waals surface area (Å²) in [7, 11) is 0. The molecule has 1 N–H and O–H groups in total. The quantitative estimate of drug-likeness (QED) is 0.875. The smallest absolute Gasteiger partial charge is 0.155 e. The Morgan fingerprint density at radius 2 is 1.82 bits per heavy atom. The lowest BCUT2D eigenvalue weighted by Gasteiger charge is -2.21. The van der Waals surface area contributed by atoms with Gasteiger partial charge in [-0.1, -0.05) is 25.4 Å². The van der Waals surface area contributed by atoms with Crippen LogP contribution in [0.15, 0.2) is 0 Å². The first-order valence-corrected chi connectivity index (χ1v) is 6.64. The summed E-state index contributed by atoms with van der Waals surface area (Å²) in [6, 6.07) is 0.513. The van der Waals surface area contributed by atoms with E-state index in [-0.39, 0.29) is 0 Å². The van der Waals surface area contributed by atoms with Crippen LogP contribution in [0.2, 0.25) is 5.15 Å². The van der Waals surface area contributed by atoms with Gasteiger partial charge in [0.15, 0.2) is 11.0 Å². The number of halogens is 1. The lowest BCUT2D eigenvalue weighted by Crippen LogP contribution is -2.25. The summed E-state index contributed by atoms with van der Waals surface area (Å²) >= 11 is 5.95. The van der Waals surface area contributed by atoms with Crippen molar-refractivity contribution in [2.45, 2.75) is 46.6 Å². The summed E-state index contributed by atoms with van der Waals surface area (Å²) in [4.78, 5) is 0. The van der Waals surface area contributed by atoms with Crippen LogP contribution in [0.4, 0.5) is 5.82 Å². The van der Waals surface area contributed by atoms with Crippen LogP contribution in [0.3, 0.4) is 0 Å². The van der Waals surface area contributed by atoms with Crippen LogP contribution in [-0.2, 0) is 0 Å². The van der Waals surface area contributed by atoms with Gasteiger partial charge in [-0.05, 0) is 49.7 Å². The Morgan fingerprint density at radius 3 is 2.41 bits per heavy atom. The first kappa shape index (κ1) is 12.6. The van der Waals surface area contributed by atoms with Gasteiger partial charge in [-0.3, -0.25) is 0 Å². The number of nitrogens with zero attached hydrogens (tertiary/aromatic N) is 2. The zero-order chi connectivity index (χ0) is 12.6. The SMILES string of the molecule is Cc1c(Cl)nnc(NC2CCC(C)C2C)c1C. The average Bonchev–Trinajstić information content (AvgIpc) is 2.62. The molecule has 1 aliphatic rings. The number of rotatable bonds is 2. The van der Waals surface area contributed by atoms with Gasteiger partial charge in [-0.2, -0.15) is 0 Å². The largest absolute Gasteiger partial charge is 0.365 e. The van der Waals surface area contributed by atoms with Gasteiger partial charge in [0.05, 0.1) is 0 Å².